The van der Waals surface area contributed by atoms with E-state index < -0.39 is 18.0 Å². The highest BCUT2D eigenvalue weighted by atomic mass is 16.6. The second-order valence-corrected chi connectivity index (χ2v) is 6.21. The Hall–Kier alpha value is -2.30. The van der Waals surface area contributed by atoms with Crippen molar-refractivity contribution in [3.8, 4) is 0 Å². The predicted molar refractivity (Wildman–Crippen MR) is 91.6 cm³/mol. The SMILES string of the molecule is O=C(/C=C/c1ccc(N2CCCCCC2)cc1)O[C@@H]1CCOC1=O. The van der Waals surface area contributed by atoms with Crippen LogP contribution in [0.3, 0.4) is 0 Å². The van der Waals surface area contributed by atoms with Gasteiger partial charge in [0.15, 0.2) is 0 Å². The Balaban J connectivity index is 1.55. The fourth-order valence-corrected chi connectivity index (χ4v) is 3.05. The molecular weight excluding hydrogens is 306 g/mol. The number of carbonyl (C=O) groups excluding carboxylic acids is 2. The monoisotopic (exact) mass is 329 g/mol. The maximum absolute atomic E-state index is 11.7. The second-order valence-electron chi connectivity index (χ2n) is 6.21. The molecule has 0 bridgehead atoms. The van der Waals surface area contributed by atoms with E-state index in [-0.39, 0.29) is 0 Å². The zero-order chi connectivity index (χ0) is 16.8. The van der Waals surface area contributed by atoms with Crippen LogP contribution in [0.4, 0.5) is 5.69 Å². The summed E-state index contributed by atoms with van der Waals surface area (Å²) in [5.41, 5.74) is 2.16. The first-order valence-electron chi connectivity index (χ1n) is 8.63. The molecule has 0 amide bonds. The quantitative estimate of drug-likeness (QED) is 0.628. The molecule has 128 valence electrons. The van der Waals surface area contributed by atoms with Crippen LogP contribution in [0.25, 0.3) is 6.08 Å². The summed E-state index contributed by atoms with van der Waals surface area (Å²) in [6, 6.07) is 8.16. The van der Waals surface area contributed by atoms with Crippen molar-refractivity contribution >= 4 is 23.7 Å². The molecule has 5 heteroatoms. The van der Waals surface area contributed by atoms with Crippen molar-refractivity contribution in [1.29, 1.82) is 0 Å². The average Bonchev–Trinajstić information content (AvgIpc) is 2.85. The van der Waals surface area contributed by atoms with E-state index in [4.69, 9.17) is 9.47 Å². The van der Waals surface area contributed by atoms with Gasteiger partial charge in [-0.3, -0.25) is 0 Å². The molecule has 0 saturated carbocycles. The van der Waals surface area contributed by atoms with Crippen LogP contribution in [-0.4, -0.2) is 37.7 Å². The summed E-state index contributed by atoms with van der Waals surface area (Å²) in [4.78, 5) is 25.4. The maximum atomic E-state index is 11.7. The fraction of sp³-hybridized carbons (Fsp3) is 0.474. The van der Waals surface area contributed by atoms with E-state index in [2.05, 4.69) is 17.0 Å². The largest absolute Gasteiger partial charge is 0.463 e. The highest BCUT2D eigenvalue weighted by Crippen LogP contribution is 2.20. The summed E-state index contributed by atoms with van der Waals surface area (Å²) >= 11 is 0. The first-order valence-corrected chi connectivity index (χ1v) is 8.63. The summed E-state index contributed by atoms with van der Waals surface area (Å²) in [7, 11) is 0. The normalized spacial score (nSPS) is 21.6. The maximum Gasteiger partial charge on any atom is 0.347 e. The van der Waals surface area contributed by atoms with Crippen molar-refractivity contribution in [2.24, 2.45) is 0 Å². The predicted octanol–water partition coefficient (Wildman–Crippen LogP) is 2.94. The summed E-state index contributed by atoms with van der Waals surface area (Å²) in [5.74, 6) is -0.978. The number of benzene rings is 1. The third-order valence-corrected chi connectivity index (χ3v) is 4.42. The number of hydrogen-bond donors (Lipinski definition) is 0. The van der Waals surface area contributed by atoms with Crippen LogP contribution < -0.4 is 4.90 Å². The molecule has 0 radical (unpaired) electrons. The molecule has 0 spiro atoms. The highest BCUT2D eigenvalue weighted by molar-refractivity contribution is 5.89. The zero-order valence-corrected chi connectivity index (χ0v) is 13.8. The number of anilines is 1. The molecule has 1 aromatic rings. The first-order chi connectivity index (χ1) is 11.7. The van der Waals surface area contributed by atoms with Crippen LogP contribution in [0.1, 0.15) is 37.7 Å². The molecule has 0 N–H and O–H groups in total. The lowest BCUT2D eigenvalue weighted by Gasteiger charge is -2.22. The van der Waals surface area contributed by atoms with Gasteiger partial charge in [-0.05, 0) is 36.6 Å². The van der Waals surface area contributed by atoms with Crippen LogP contribution >= 0.6 is 0 Å². The van der Waals surface area contributed by atoms with Crippen molar-refractivity contribution in [1.82, 2.24) is 0 Å². The van der Waals surface area contributed by atoms with Crippen LogP contribution in [-0.2, 0) is 19.1 Å². The molecular formula is C19H23NO4. The van der Waals surface area contributed by atoms with Gasteiger partial charge in [-0.25, -0.2) is 9.59 Å². The Morgan fingerprint density at radius 2 is 1.83 bits per heavy atom. The van der Waals surface area contributed by atoms with Crippen LogP contribution in [0, 0.1) is 0 Å². The van der Waals surface area contributed by atoms with Crippen molar-refractivity contribution in [2.45, 2.75) is 38.2 Å². The van der Waals surface area contributed by atoms with E-state index in [1.807, 2.05) is 12.1 Å². The van der Waals surface area contributed by atoms with Crippen LogP contribution in [0.15, 0.2) is 30.3 Å². The van der Waals surface area contributed by atoms with Gasteiger partial charge < -0.3 is 14.4 Å². The Morgan fingerprint density at radius 1 is 1.12 bits per heavy atom. The average molecular weight is 329 g/mol. The molecule has 5 nitrogen and oxygen atoms in total. The lowest BCUT2D eigenvalue weighted by atomic mass is 10.1. The highest BCUT2D eigenvalue weighted by Gasteiger charge is 2.29. The second kappa shape index (κ2) is 7.99. The van der Waals surface area contributed by atoms with Gasteiger partial charge in [0.1, 0.15) is 0 Å². The number of hydrogen-bond acceptors (Lipinski definition) is 5. The standard InChI is InChI=1S/C19H23NO4/c21-18(24-17-11-14-23-19(17)22)10-7-15-5-8-16(9-6-15)20-12-3-1-2-4-13-20/h5-10,17H,1-4,11-14H2/b10-7+/t17-/m1/s1. The van der Waals surface area contributed by atoms with E-state index >= 15 is 0 Å². The number of cyclic esters (lactones) is 1. The lowest BCUT2D eigenvalue weighted by molar-refractivity contribution is -0.156. The number of ether oxygens (including phenoxy) is 2. The van der Waals surface area contributed by atoms with E-state index in [1.165, 1.54) is 37.4 Å². The van der Waals surface area contributed by atoms with Crippen molar-refractivity contribution in [3.63, 3.8) is 0 Å². The van der Waals surface area contributed by atoms with Crippen LogP contribution in [0.2, 0.25) is 0 Å². The zero-order valence-electron chi connectivity index (χ0n) is 13.8. The molecule has 2 saturated heterocycles. The molecule has 24 heavy (non-hydrogen) atoms. The van der Waals surface area contributed by atoms with Gasteiger partial charge in [0.25, 0.3) is 0 Å². The molecule has 2 fully saturated rings. The third-order valence-electron chi connectivity index (χ3n) is 4.42. The van der Waals surface area contributed by atoms with Crippen molar-refractivity contribution in [2.75, 3.05) is 24.6 Å². The molecule has 3 rings (SSSR count). The molecule has 2 aliphatic rings. The Kier molecular flexibility index (Phi) is 5.51. The van der Waals surface area contributed by atoms with Gasteiger partial charge in [-0.2, -0.15) is 0 Å². The minimum absolute atomic E-state index is 0.318. The van der Waals surface area contributed by atoms with Gasteiger partial charge >= 0.3 is 11.9 Å². The number of rotatable bonds is 4. The smallest absolute Gasteiger partial charge is 0.347 e. The van der Waals surface area contributed by atoms with Gasteiger partial charge in [-0.1, -0.05) is 25.0 Å². The van der Waals surface area contributed by atoms with Crippen molar-refractivity contribution in [3.05, 3.63) is 35.9 Å². The minimum atomic E-state index is -0.757. The van der Waals surface area contributed by atoms with Gasteiger partial charge in [0.05, 0.1) is 6.61 Å². The first kappa shape index (κ1) is 16.6. The number of esters is 2. The molecule has 1 atom stereocenters. The van der Waals surface area contributed by atoms with E-state index in [0.717, 1.165) is 18.7 Å². The molecule has 0 aliphatic carbocycles. The fourth-order valence-electron chi connectivity index (χ4n) is 3.05. The minimum Gasteiger partial charge on any atom is -0.463 e. The summed E-state index contributed by atoms with van der Waals surface area (Å²) in [6.45, 7) is 2.54. The van der Waals surface area contributed by atoms with Gasteiger partial charge in [-0.15, -0.1) is 0 Å². The van der Waals surface area contributed by atoms with E-state index in [1.54, 1.807) is 6.08 Å². The summed E-state index contributed by atoms with van der Waals surface area (Å²) < 4.78 is 9.83. The third kappa shape index (κ3) is 4.37. The Labute approximate surface area is 142 Å². The van der Waals surface area contributed by atoms with E-state index in [0.29, 0.717) is 13.0 Å². The summed E-state index contributed by atoms with van der Waals surface area (Å²) in [6.07, 6.45) is 7.85. The van der Waals surface area contributed by atoms with Gasteiger partial charge in [0, 0.05) is 31.3 Å². The van der Waals surface area contributed by atoms with Crippen molar-refractivity contribution < 1.29 is 19.1 Å². The molecule has 0 aromatic heterocycles. The molecule has 1 aromatic carbocycles. The number of nitrogens with zero attached hydrogens (tertiary/aromatic N) is 1. The topological polar surface area (TPSA) is 55.8 Å². The van der Waals surface area contributed by atoms with Gasteiger partial charge in [0.2, 0.25) is 6.10 Å². The Morgan fingerprint density at radius 3 is 2.46 bits per heavy atom. The summed E-state index contributed by atoms with van der Waals surface area (Å²) in [5, 5.41) is 0. The molecule has 2 aliphatic heterocycles. The van der Waals surface area contributed by atoms with E-state index in [9.17, 15) is 9.59 Å². The molecule has 0 unspecified atom stereocenters. The Bertz CT molecular complexity index is 600. The molecule has 2 heterocycles. The van der Waals surface area contributed by atoms with Crippen LogP contribution in [0.5, 0.6) is 0 Å². The lowest BCUT2D eigenvalue weighted by Crippen LogP contribution is -2.23. The number of carbonyl (C=O) groups is 2.